The molecule has 1 atom stereocenters. The van der Waals surface area contributed by atoms with Crippen LogP contribution in [-0.2, 0) is 11.8 Å². The number of piperidine rings is 1. The minimum Gasteiger partial charge on any atom is -0.383 e. The van der Waals surface area contributed by atoms with Gasteiger partial charge in [-0.1, -0.05) is 19.4 Å². The van der Waals surface area contributed by atoms with Crippen LogP contribution in [0, 0.1) is 11.3 Å². The van der Waals surface area contributed by atoms with Crippen LogP contribution in [0.3, 0.4) is 0 Å². The maximum Gasteiger partial charge on any atom is 0.255 e. The number of amides is 2. The van der Waals surface area contributed by atoms with Crippen molar-refractivity contribution < 1.29 is 14.7 Å². The van der Waals surface area contributed by atoms with E-state index in [2.05, 4.69) is 22.1 Å². The highest BCUT2D eigenvalue weighted by Crippen LogP contribution is 2.35. The SMILES string of the molecule is CCCC(O)C(=O)N1CCC(c2cn(C)c3ccc(NC(=O)c4cccc(C#N)c4)cc23)CC1. The molecular formula is C27H30N4O3. The van der Waals surface area contributed by atoms with Gasteiger partial charge in [0.25, 0.3) is 11.8 Å². The van der Waals surface area contributed by atoms with E-state index in [1.165, 1.54) is 5.56 Å². The molecule has 3 aromatic rings. The van der Waals surface area contributed by atoms with Crippen molar-refractivity contribution in [1.29, 1.82) is 5.26 Å². The lowest BCUT2D eigenvalue weighted by atomic mass is 9.89. The molecule has 2 amide bonds. The second-order valence-corrected chi connectivity index (χ2v) is 8.98. The molecule has 7 heteroatoms. The summed E-state index contributed by atoms with van der Waals surface area (Å²) in [6.45, 7) is 3.22. The second kappa shape index (κ2) is 10.1. The van der Waals surface area contributed by atoms with Crippen molar-refractivity contribution in [3.63, 3.8) is 0 Å². The van der Waals surface area contributed by atoms with Crippen molar-refractivity contribution in [3.05, 3.63) is 65.4 Å². The maximum atomic E-state index is 12.7. The average Bonchev–Trinajstić information content (AvgIpc) is 3.19. The molecule has 1 unspecified atom stereocenters. The highest BCUT2D eigenvalue weighted by atomic mass is 16.3. The van der Waals surface area contributed by atoms with Crippen LogP contribution in [0.4, 0.5) is 5.69 Å². The molecular weight excluding hydrogens is 428 g/mol. The lowest BCUT2D eigenvalue weighted by Crippen LogP contribution is -2.43. The van der Waals surface area contributed by atoms with Crippen molar-refractivity contribution in [2.75, 3.05) is 18.4 Å². The number of benzene rings is 2. The van der Waals surface area contributed by atoms with Gasteiger partial charge in [0.15, 0.2) is 0 Å². The normalized spacial score (nSPS) is 15.2. The smallest absolute Gasteiger partial charge is 0.255 e. The minimum absolute atomic E-state index is 0.163. The van der Waals surface area contributed by atoms with Gasteiger partial charge in [-0.25, -0.2) is 0 Å². The van der Waals surface area contributed by atoms with Crippen LogP contribution in [0.2, 0.25) is 0 Å². The summed E-state index contributed by atoms with van der Waals surface area (Å²) in [6, 6.07) is 14.6. The molecule has 1 saturated heterocycles. The number of nitrogens with zero attached hydrogens (tertiary/aromatic N) is 3. The van der Waals surface area contributed by atoms with E-state index in [4.69, 9.17) is 5.26 Å². The van der Waals surface area contributed by atoms with Gasteiger partial charge in [0.2, 0.25) is 0 Å². The first-order valence-electron chi connectivity index (χ1n) is 11.8. The molecule has 2 aromatic carbocycles. The van der Waals surface area contributed by atoms with Crippen molar-refractivity contribution in [2.24, 2.45) is 7.05 Å². The van der Waals surface area contributed by atoms with E-state index in [0.717, 1.165) is 30.2 Å². The lowest BCUT2D eigenvalue weighted by Gasteiger charge is -2.33. The topological polar surface area (TPSA) is 98.4 Å². The fraction of sp³-hybridized carbons (Fsp3) is 0.370. The zero-order chi connectivity index (χ0) is 24.2. The van der Waals surface area contributed by atoms with Crippen molar-refractivity contribution >= 4 is 28.4 Å². The number of carbonyl (C=O) groups is 2. The Kier molecular flexibility index (Phi) is 6.99. The molecule has 4 rings (SSSR count). The number of aliphatic hydroxyl groups is 1. The number of nitriles is 1. The third-order valence-electron chi connectivity index (χ3n) is 6.63. The number of aliphatic hydroxyl groups excluding tert-OH is 1. The Morgan fingerprint density at radius 3 is 2.68 bits per heavy atom. The molecule has 0 spiro atoms. The molecule has 176 valence electrons. The Hall–Kier alpha value is -3.63. The van der Waals surface area contributed by atoms with Crippen LogP contribution < -0.4 is 5.32 Å². The molecule has 0 saturated carbocycles. The molecule has 2 N–H and O–H groups in total. The number of rotatable bonds is 6. The van der Waals surface area contributed by atoms with Crippen molar-refractivity contribution in [2.45, 2.75) is 44.6 Å². The quantitative estimate of drug-likeness (QED) is 0.579. The Balaban J connectivity index is 1.51. The summed E-state index contributed by atoms with van der Waals surface area (Å²) in [5, 5.41) is 23.2. The van der Waals surface area contributed by atoms with Gasteiger partial charge in [-0.05, 0) is 67.1 Å². The van der Waals surface area contributed by atoms with E-state index in [1.807, 2.05) is 32.2 Å². The van der Waals surface area contributed by atoms with Crippen molar-refractivity contribution in [1.82, 2.24) is 9.47 Å². The molecule has 7 nitrogen and oxygen atoms in total. The summed E-state index contributed by atoms with van der Waals surface area (Å²) in [6.07, 6.45) is 4.18. The second-order valence-electron chi connectivity index (χ2n) is 8.98. The summed E-state index contributed by atoms with van der Waals surface area (Å²) in [5.74, 6) is -0.121. The zero-order valence-electron chi connectivity index (χ0n) is 19.6. The number of hydrogen-bond acceptors (Lipinski definition) is 4. The molecule has 0 radical (unpaired) electrons. The Bertz CT molecular complexity index is 1250. The Morgan fingerprint density at radius 2 is 1.97 bits per heavy atom. The minimum atomic E-state index is -0.904. The summed E-state index contributed by atoms with van der Waals surface area (Å²) in [5.41, 5.74) is 3.87. The number of carbonyl (C=O) groups excluding carboxylic acids is 2. The van der Waals surface area contributed by atoms with Gasteiger partial charge in [0.05, 0.1) is 11.6 Å². The summed E-state index contributed by atoms with van der Waals surface area (Å²) in [7, 11) is 2.01. The van der Waals surface area contributed by atoms with Gasteiger partial charge in [-0.3, -0.25) is 9.59 Å². The summed E-state index contributed by atoms with van der Waals surface area (Å²) in [4.78, 5) is 27.0. The number of fused-ring (bicyclic) bond motifs is 1. The summed E-state index contributed by atoms with van der Waals surface area (Å²) >= 11 is 0. The monoisotopic (exact) mass is 458 g/mol. The molecule has 34 heavy (non-hydrogen) atoms. The van der Waals surface area contributed by atoms with Crippen LogP contribution in [0.5, 0.6) is 0 Å². The third kappa shape index (κ3) is 4.82. The lowest BCUT2D eigenvalue weighted by molar-refractivity contribution is -0.141. The number of nitrogens with one attached hydrogen (secondary N) is 1. The van der Waals surface area contributed by atoms with Gasteiger partial charge in [0.1, 0.15) is 6.10 Å². The average molecular weight is 459 g/mol. The molecule has 1 aliphatic rings. The van der Waals surface area contributed by atoms with Gasteiger partial charge in [0, 0.05) is 48.5 Å². The fourth-order valence-electron chi connectivity index (χ4n) is 4.78. The van der Waals surface area contributed by atoms with E-state index >= 15 is 0 Å². The molecule has 1 aromatic heterocycles. The van der Waals surface area contributed by atoms with Gasteiger partial charge in [-0.2, -0.15) is 5.26 Å². The van der Waals surface area contributed by atoms with Crippen molar-refractivity contribution in [3.8, 4) is 6.07 Å². The van der Waals surface area contributed by atoms with E-state index in [9.17, 15) is 14.7 Å². The number of aromatic nitrogens is 1. The maximum absolute atomic E-state index is 12.7. The molecule has 0 bridgehead atoms. The number of hydrogen-bond donors (Lipinski definition) is 2. The van der Waals surface area contributed by atoms with E-state index in [-0.39, 0.29) is 11.8 Å². The predicted molar refractivity (Wildman–Crippen MR) is 131 cm³/mol. The van der Waals surface area contributed by atoms with Crippen LogP contribution in [0.15, 0.2) is 48.7 Å². The first-order chi connectivity index (χ1) is 16.4. The zero-order valence-corrected chi connectivity index (χ0v) is 19.6. The van der Waals surface area contributed by atoms with E-state index < -0.39 is 6.10 Å². The molecule has 1 aliphatic heterocycles. The van der Waals surface area contributed by atoms with Crippen LogP contribution in [0.25, 0.3) is 10.9 Å². The summed E-state index contributed by atoms with van der Waals surface area (Å²) < 4.78 is 2.09. The third-order valence-corrected chi connectivity index (χ3v) is 6.63. The van der Waals surface area contributed by atoms with Crippen LogP contribution in [-0.4, -0.2) is 45.6 Å². The fourth-order valence-corrected chi connectivity index (χ4v) is 4.78. The molecule has 0 aliphatic carbocycles. The van der Waals surface area contributed by atoms with Crippen LogP contribution in [0.1, 0.15) is 60.0 Å². The first-order valence-corrected chi connectivity index (χ1v) is 11.8. The first kappa shape index (κ1) is 23.5. The van der Waals surface area contributed by atoms with Gasteiger partial charge >= 0.3 is 0 Å². The highest BCUT2D eigenvalue weighted by molar-refractivity contribution is 6.05. The Labute approximate surface area is 199 Å². The number of aryl methyl sites for hydroxylation is 1. The standard InChI is InChI=1S/C27H30N4O3/c1-3-5-25(32)27(34)31-12-10-19(11-13-31)23-17-30(2)24-9-8-21(15-22(23)24)29-26(33)20-7-4-6-18(14-20)16-28/h4,6-9,14-15,17,19,25,32H,3,5,10-13H2,1-2H3,(H,29,33). The van der Waals surface area contributed by atoms with Gasteiger partial charge < -0.3 is 19.9 Å². The Morgan fingerprint density at radius 1 is 1.21 bits per heavy atom. The molecule has 2 heterocycles. The number of likely N-dealkylation sites (tertiary alicyclic amines) is 1. The molecule has 1 fully saturated rings. The predicted octanol–water partition coefficient (Wildman–Crippen LogP) is 4.17. The largest absolute Gasteiger partial charge is 0.383 e. The van der Waals surface area contributed by atoms with E-state index in [1.54, 1.807) is 29.2 Å². The number of anilines is 1. The van der Waals surface area contributed by atoms with Gasteiger partial charge in [-0.15, -0.1) is 0 Å². The highest BCUT2D eigenvalue weighted by Gasteiger charge is 2.28. The van der Waals surface area contributed by atoms with Crippen LogP contribution >= 0.6 is 0 Å². The van der Waals surface area contributed by atoms with E-state index in [0.29, 0.717) is 42.2 Å².